The highest BCUT2D eigenvalue weighted by Gasteiger charge is 2.11. The minimum atomic E-state index is -0.475. The molecule has 1 aromatic heterocycles. The van der Waals surface area contributed by atoms with E-state index >= 15 is 0 Å². The highest BCUT2D eigenvalue weighted by atomic mass is 32.1. The van der Waals surface area contributed by atoms with E-state index in [0.717, 1.165) is 12.1 Å². The maximum atomic E-state index is 11.4. The van der Waals surface area contributed by atoms with Crippen LogP contribution in [0.5, 0.6) is 0 Å². The van der Waals surface area contributed by atoms with Gasteiger partial charge in [0.15, 0.2) is 0 Å². The van der Waals surface area contributed by atoms with Gasteiger partial charge in [0.2, 0.25) is 0 Å². The molecule has 100 valence electrons. The van der Waals surface area contributed by atoms with Gasteiger partial charge in [-0.25, -0.2) is 0 Å². The molecule has 0 spiro atoms. The topological polar surface area (TPSA) is 81.1 Å². The molecule has 0 aliphatic heterocycles. The highest BCUT2D eigenvalue weighted by molar-refractivity contribution is 7.07. The minimum Gasteiger partial charge on any atom is -0.399 e. The van der Waals surface area contributed by atoms with Gasteiger partial charge in [0.25, 0.3) is 5.91 Å². The molecule has 0 saturated heterocycles. The second-order valence-electron chi connectivity index (χ2n) is 4.55. The van der Waals surface area contributed by atoms with Crippen molar-refractivity contribution in [2.75, 3.05) is 11.1 Å². The van der Waals surface area contributed by atoms with E-state index in [9.17, 15) is 4.79 Å². The highest BCUT2D eigenvalue weighted by Crippen LogP contribution is 2.20. The molecule has 0 bridgehead atoms. The lowest BCUT2D eigenvalue weighted by Crippen LogP contribution is -2.21. The first-order valence-electron chi connectivity index (χ1n) is 6.03. The van der Waals surface area contributed by atoms with Gasteiger partial charge in [-0.05, 0) is 53.9 Å². The van der Waals surface area contributed by atoms with Crippen molar-refractivity contribution in [3.8, 4) is 0 Å². The van der Waals surface area contributed by atoms with Crippen LogP contribution >= 0.6 is 11.3 Å². The van der Waals surface area contributed by atoms with Crippen LogP contribution in [0.2, 0.25) is 0 Å². The second kappa shape index (κ2) is 5.75. The van der Waals surface area contributed by atoms with Gasteiger partial charge in [-0.2, -0.15) is 11.3 Å². The molecular formula is C14H17N3OS. The number of nitrogens with one attached hydrogen (secondary N) is 1. The third kappa shape index (κ3) is 3.48. The smallest absolute Gasteiger partial charge is 0.250 e. The Morgan fingerprint density at radius 1 is 1.42 bits per heavy atom. The number of hydrogen-bond acceptors (Lipinski definition) is 4. The lowest BCUT2D eigenvalue weighted by Gasteiger charge is -2.17. The number of thiophene rings is 1. The van der Waals surface area contributed by atoms with E-state index in [-0.39, 0.29) is 6.04 Å². The van der Waals surface area contributed by atoms with Gasteiger partial charge in [-0.3, -0.25) is 4.79 Å². The van der Waals surface area contributed by atoms with Crippen molar-refractivity contribution in [1.29, 1.82) is 0 Å². The van der Waals surface area contributed by atoms with Gasteiger partial charge >= 0.3 is 0 Å². The normalized spacial score (nSPS) is 12.1. The van der Waals surface area contributed by atoms with Gasteiger partial charge in [0, 0.05) is 17.4 Å². The van der Waals surface area contributed by atoms with E-state index in [4.69, 9.17) is 11.5 Å². The fourth-order valence-electron chi connectivity index (χ4n) is 1.97. The van der Waals surface area contributed by atoms with Gasteiger partial charge in [0.05, 0.1) is 5.56 Å². The van der Waals surface area contributed by atoms with Crippen molar-refractivity contribution < 1.29 is 4.79 Å². The van der Waals surface area contributed by atoms with Crippen molar-refractivity contribution in [2.24, 2.45) is 5.73 Å². The number of carbonyl (C=O) groups excluding carboxylic acids is 1. The predicted octanol–water partition coefficient (Wildman–Crippen LogP) is 2.47. The summed E-state index contributed by atoms with van der Waals surface area (Å²) in [5, 5.41) is 7.48. The molecule has 1 amide bonds. The molecule has 2 rings (SSSR count). The van der Waals surface area contributed by atoms with Crippen LogP contribution in [0.3, 0.4) is 0 Å². The molecule has 5 N–H and O–H groups in total. The third-order valence-corrected chi connectivity index (χ3v) is 3.57. The molecule has 1 atom stereocenters. The summed E-state index contributed by atoms with van der Waals surface area (Å²) in [6.45, 7) is 2.07. The summed E-state index contributed by atoms with van der Waals surface area (Å²) in [5.74, 6) is -0.475. The monoisotopic (exact) mass is 275 g/mol. The van der Waals surface area contributed by atoms with Crippen molar-refractivity contribution in [3.63, 3.8) is 0 Å². The minimum absolute atomic E-state index is 0.205. The predicted molar refractivity (Wildman–Crippen MR) is 80.5 cm³/mol. The Bertz CT molecular complexity index is 566. The molecule has 0 aliphatic rings. The Kier molecular flexibility index (Phi) is 4.06. The fraction of sp³-hybridized carbons (Fsp3) is 0.214. The Morgan fingerprint density at radius 2 is 2.21 bits per heavy atom. The molecule has 0 saturated carbocycles. The number of hydrogen-bond donors (Lipinski definition) is 3. The first kappa shape index (κ1) is 13.4. The Morgan fingerprint density at radius 3 is 2.84 bits per heavy atom. The van der Waals surface area contributed by atoms with E-state index in [1.807, 2.05) is 0 Å². The first-order chi connectivity index (χ1) is 9.06. The molecule has 4 nitrogen and oxygen atoms in total. The lowest BCUT2D eigenvalue weighted by molar-refractivity contribution is 0.100. The van der Waals surface area contributed by atoms with E-state index in [2.05, 4.69) is 29.1 Å². The largest absolute Gasteiger partial charge is 0.399 e. The molecule has 0 radical (unpaired) electrons. The van der Waals surface area contributed by atoms with E-state index < -0.39 is 5.91 Å². The van der Waals surface area contributed by atoms with Crippen LogP contribution in [0.1, 0.15) is 22.8 Å². The zero-order valence-corrected chi connectivity index (χ0v) is 11.5. The molecule has 2 aromatic rings. The molecule has 5 heteroatoms. The number of nitrogens with two attached hydrogens (primary N) is 2. The van der Waals surface area contributed by atoms with Gasteiger partial charge in [-0.1, -0.05) is 0 Å². The number of nitrogen functional groups attached to an aromatic ring is 1. The molecule has 0 aliphatic carbocycles. The molecule has 1 heterocycles. The van der Waals surface area contributed by atoms with Crippen LogP contribution < -0.4 is 16.8 Å². The van der Waals surface area contributed by atoms with Crippen molar-refractivity contribution >= 4 is 28.6 Å². The van der Waals surface area contributed by atoms with E-state index in [1.54, 1.807) is 29.5 Å². The zero-order chi connectivity index (χ0) is 13.8. The summed E-state index contributed by atoms with van der Waals surface area (Å²) in [4.78, 5) is 11.4. The number of benzene rings is 1. The van der Waals surface area contributed by atoms with Crippen LogP contribution in [0, 0.1) is 0 Å². The first-order valence-corrected chi connectivity index (χ1v) is 6.97. The van der Waals surface area contributed by atoms with Crippen LogP contribution in [0.15, 0.2) is 35.0 Å². The Hall–Kier alpha value is -2.01. The number of carbonyl (C=O) groups is 1. The maximum absolute atomic E-state index is 11.4. The second-order valence-corrected chi connectivity index (χ2v) is 5.33. The number of primary amides is 1. The Labute approximate surface area is 116 Å². The summed E-state index contributed by atoms with van der Waals surface area (Å²) < 4.78 is 0. The quantitative estimate of drug-likeness (QED) is 0.733. The van der Waals surface area contributed by atoms with Gasteiger partial charge in [0.1, 0.15) is 0 Å². The zero-order valence-electron chi connectivity index (χ0n) is 10.7. The fourth-order valence-corrected chi connectivity index (χ4v) is 2.65. The van der Waals surface area contributed by atoms with Crippen LogP contribution in [0.4, 0.5) is 11.4 Å². The van der Waals surface area contributed by atoms with E-state index in [1.165, 1.54) is 5.56 Å². The standard InChI is InChI=1S/C14H17N3OS/c1-9(6-10-4-5-19-8-10)17-13-3-2-11(15)7-12(13)14(16)18/h2-5,7-9,17H,6,15H2,1H3,(H2,16,18). The number of rotatable bonds is 5. The maximum Gasteiger partial charge on any atom is 0.250 e. The molecular weight excluding hydrogens is 258 g/mol. The van der Waals surface area contributed by atoms with Crippen LogP contribution in [0.25, 0.3) is 0 Å². The summed E-state index contributed by atoms with van der Waals surface area (Å²) in [7, 11) is 0. The van der Waals surface area contributed by atoms with Crippen molar-refractivity contribution in [1.82, 2.24) is 0 Å². The lowest BCUT2D eigenvalue weighted by atomic mass is 10.1. The Balaban J connectivity index is 2.12. The molecule has 19 heavy (non-hydrogen) atoms. The van der Waals surface area contributed by atoms with E-state index in [0.29, 0.717) is 11.3 Å². The summed E-state index contributed by atoms with van der Waals surface area (Å²) >= 11 is 1.68. The van der Waals surface area contributed by atoms with Gasteiger partial charge in [-0.15, -0.1) is 0 Å². The molecule has 1 unspecified atom stereocenters. The molecule has 1 aromatic carbocycles. The summed E-state index contributed by atoms with van der Waals surface area (Å²) in [6.07, 6.45) is 0.895. The number of anilines is 2. The van der Waals surface area contributed by atoms with Crippen molar-refractivity contribution in [2.45, 2.75) is 19.4 Å². The SMILES string of the molecule is CC(Cc1ccsc1)Nc1ccc(N)cc1C(N)=O. The number of amides is 1. The average molecular weight is 275 g/mol. The molecule has 0 fully saturated rings. The van der Waals surface area contributed by atoms with Crippen LogP contribution in [-0.2, 0) is 6.42 Å². The average Bonchev–Trinajstić information content (AvgIpc) is 2.83. The summed E-state index contributed by atoms with van der Waals surface area (Å²) in [6, 6.07) is 7.45. The summed E-state index contributed by atoms with van der Waals surface area (Å²) in [5.41, 5.74) is 14.0. The van der Waals surface area contributed by atoms with Gasteiger partial charge < -0.3 is 16.8 Å². The van der Waals surface area contributed by atoms with Crippen molar-refractivity contribution in [3.05, 3.63) is 46.2 Å². The van der Waals surface area contributed by atoms with Crippen LogP contribution in [-0.4, -0.2) is 11.9 Å². The third-order valence-electron chi connectivity index (χ3n) is 2.83.